The molecule has 0 spiro atoms. The highest BCUT2D eigenvalue weighted by molar-refractivity contribution is 5.97. The monoisotopic (exact) mass is 440 g/mol. The molecule has 0 fully saturated rings. The lowest BCUT2D eigenvalue weighted by Gasteiger charge is -2.48. The number of carbonyl (C=O) groups is 2. The number of ether oxygens (including phenoxy) is 3. The summed E-state index contributed by atoms with van der Waals surface area (Å²) in [5, 5.41) is 0. The largest absolute Gasteiger partial charge is 0.487 e. The number of esters is 1. The Bertz CT molecular complexity index is 973. The third-order valence-electron chi connectivity index (χ3n) is 7.16. The molecule has 32 heavy (non-hydrogen) atoms. The van der Waals surface area contributed by atoms with Crippen LogP contribution in [0.5, 0.6) is 11.5 Å². The van der Waals surface area contributed by atoms with Gasteiger partial charge in [0.25, 0.3) is 5.79 Å². The molecule has 1 aromatic carbocycles. The van der Waals surface area contributed by atoms with Crippen molar-refractivity contribution in [3.8, 4) is 11.5 Å². The summed E-state index contributed by atoms with van der Waals surface area (Å²) in [7, 11) is 0. The number of cyclic esters (lactones) is 1. The van der Waals surface area contributed by atoms with E-state index in [1.807, 2.05) is 6.07 Å². The Morgan fingerprint density at radius 1 is 1.16 bits per heavy atom. The SMILES string of the molecule is CCCCCc1cc2c(c3c1C(=O)OC(C)(CC(C)=O)O3)C1C=C(C)CCC1C(C)(C)O2. The van der Waals surface area contributed by atoms with Crippen molar-refractivity contribution in [2.45, 2.75) is 104 Å². The molecular formula is C27H36O5. The maximum atomic E-state index is 13.3. The van der Waals surface area contributed by atoms with E-state index in [1.165, 1.54) is 12.5 Å². The second-order valence-electron chi connectivity index (χ2n) is 10.5. The van der Waals surface area contributed by atoms with E-state index in [-0.39, 0.29) is 29.6 Å². The quantitative estimate of drug-likeness (QED) is 0.296. The average Bonchev–Trinajstić information content (AvgIpc) is 2.65. The number of ketones is 1. The van der Waals surface area contributed by atoms with Gasteiger partial charge < -0.3 is 14.2 Å². The molecule has 3 atom stereocenters. The number of hydrogen-bond donors (Lipinski definition) is 0. The molecule has 0 amide bonds. The Morgan fingerprint density at radius 3 is 2.59 bits per heavy atom. The zero-order valence-electron chi connectivity index (χ0n) is 20.3. The van der Waals surface area contributed by atoms with E-state index in [4.69, 9.17) is 14.2 Å². The van der Waals surface area contributed by atoms with Crippen LogP contribution in [-0.4, -0.2) is 23.1 Å². The van der Waals surface area contributed by atoms with Crippen LogP contribution in [0.3, 0.4) is 0 Å². The van der Waals surface area contributed by atoms with Gasteiger partial charge in [-0.15, -0.1) is 0 Å². The maximum absolute atomic E-state index is 13.3. The first-order chi connectivity index (χ1) is 15.0. The lowest BCUT2D eigenvalue weighted by molar-refractivity contribution is -0.156. The highest BCUT2D eigenvalue weighted by Crippen LogP contribution is 2.56. The Hall–Kier alpha value is -2.30. The van der Waals surface area contributed by atoms with Crippen molar-refractivity contribution in [3.63, 3.8) is 0 Å². The molecule has 2 aliphatic heterocycles. The first kappa shape index (κ1) is 22.9. The van der Waals surface area contributed by atoms with Gasteiger partial charge in [0.15, 0.2) is 0 Å². The molecule has 174 valence electrons. The molecule has 5 nitrogen and oxygen atoms in total. The highest BCUT2D eigenvalue weighted by Gasteiger charge is 2.49. The smallest absolute Gasteiger partial charge is 0.345 e. The standard InChI is InChI=1S/C27H36O5/c1-7-8-9-10-18-14-21-23(19-13-16(2)11-12-20(19)26(4,5)30-21)24-22(18)25(29)32-27(6,31-24)15-17(3)28/h13-14,19-20H,7-12,15H2,1-6H3. The summed E-state index contributed by atoms with van der Waals surface area (Å²) in [5.41, 5.74) is 3.39. The van der Waals surface area contributed by atoms with Gasteiger partial charge in [-0.05, 0) is 65.0 Å². The van der Waals surface area contributed by atoms with Crippen molar-refractivity contribution in [2.24, 2.45) is 5.92 Å². The number of carbonyl (C=O) groups excluding carboxylic acids is 2. The summed E-state index contributed by atoms with van der Waals surface area (Å²) in [6, 6.07) is 2.04. The molecule has 0 radical (unpaired) electrons. The van der Waals surface area contributed by atoms with Crippen molar-refractivity contribution < 1.29 is 23.8 Å². The number of Topliss-reactive ketones (excluding diaryl/α,β-unsaturated/α-hetero) is 1. The molecule has 4 rings (SSSR count). The van der Waals surface area contributed by atoms with Crippen LogP contribution in [0.2, 0.25) is 0 Å². The Morgan fingerprint density at radius 2 is 1.91 bits per heavy atom. The normalized spacial score (nSPS) is 27.7. The summed E-state index contributed by atoms with van der Waals surface area (Å²) in [4.78, 5) is 25.2. The predicted octanol–water partition coefficient (Wildman–Crippen LogP) is 6.27. The Balaban J connectivity index is 1.91. The number of aryl methyl sites for hydroxylation is 1. The lowest BCUT2D eigenvalue weighted by atomic mass is 9.67. The van der Waals surface area contributed by atoms with E-state index >= 15 is 0 Å². The van der Waals surface area contributed by atoms with Gasteiger partial charge in [0.2, 0.25) is 0 Å². The fourth-order valence-corrected chi connectivity index (χ4v) is 5.69. The predicted molar refractivity (Wildman–Crippen MR) is 123 cm³/mol. The van der Waals surface area contributed by atoms with Crippen LogP contribution >= 0.6 is 0 Å². The fourth-order valence-electron chi connectivity index (χ4n) is 5.69. The summed E-state index contributed by atoms with van der Waals surface area (Å²) in [6.07, 6.45) is 8.34. The number of fused-ring (bicyclic) bond motifs is 5. The zero-order chi connectivity index (χ0) is 23.3. The number of benzene rings is 1. The third-order valence-corrected chi connectivity index (χ3v) is 7.16. The molecule has 0 saturated carbocycles. The van der Waals surface area contributed by atoms with Crippen LogP contribution in [0.4, 0.5) is 0 Å². The average molecular weight is 441 g/mol. The summed E-state index contributed by atoms with van der Waals surface area (Å²) in [6.45, 7) is 11.8. The minimum atomic E-state index is -1.30. The van der Waals surface area contributed by atoms with Crippen molar-refractivity contribution in [1.82, 2.24) is 0 Å². The van der Waals surface area contributed by atoms with Crippen molar-refractivity contribution in [2.75, 3.05) is 0 Å². The summed E-state index contributed by atoms with van der Waals surface area (Å²) in [5.74, 6) is -0.0372. The molecule has 0 aromatic heterocycles. The summed E-state index contributed by atoms with van der Waals surface area (Å²) >= 11 is 0. The Kier molecular flexibility index (Phi) is 5.89. The maximum Gasteiger partial charge on any atom is 0.345 e. The number of rotatable bonds is 6. The van der Waals surface area contributed by atoms with E-state index in [9.17, 15) is 9.59 Å². The van der Waals surface area contributed by atoms with E-state index in [1.54, 1.807) is 6.92 Å². The number of allylic oxidation sites excluding steroid dienone is 2. The molecule has 2 heterocycles. The van der Waals surface area contributed by atoms with Gasteiger partial charge >= 0.3 is 5.97 Å². The minimum absolute atomic E-state index is 0.0162. The van der Waals surface area contributed by atoms with Crippen LogP contribution in [0.1, 0.15) is 107 Å². The van der Waals surface area contributed by atoms with Gasteiger partial charge in [-0.25, -0.2) is 4.79 Å². The molecule has 3 unspecified atom stereocenters. The molecule has 3 aliphatic rings. The van der Waals surface area contributed by atoms with E-state index in [0.29, 0.717) is 11.3 Å². The third kappa shape index (κ3) is 4.06. The van der Waals surface area contributed by atoms with Crippen LogP contribution in [0.15, 0.2) is 17.7 Å². The van der Waals surface area contributed by atoms with Gasteiger partial charge in [-0.3, -0.25) is 4.79 Å². The van der Waals surface area contributed by atoms with Crippen molar-refractivity contribution in [1.29, 1.82) is 0 Å². The molecule has 1 aromatic rings. The van der Waals surface area contributed by atoms with Crippen LogP contribution < -0.4 is 9.47 Å². The van der Waals surface area contributed by atoms with Gasteiger partial charge in [0, 0.05) is 24.3 Å². The number of unbranched alkanes of at least 4 members (excludes halogenated alkanes) is 2. The van der Waals surface area contributed by atoms with Gasteiger partial charge in [-0.1, -0.05) is 31.4 Å². The highest BCUT2D eigenvalue weighted by atomic mass is 16.7. The molecule has 1 aliphatic carbocycles. The van der Waals surface area contributed by atoms with Crippen LogP contribution in [0.25, 0.3) is 0 Å². The molecule has 0 bridgehead atoms. The van der Waals surface area contributed by atoms with E-state index in [0.717, 1.165) is 55.4 Å². The summed E-state index contributed by atoms with van der Waals surface area (Å²) < 4.78 is 18.7. The first-order valence-corrected chi connectivity index (χ1v) is 12.0. The van der Waals surface area contributed by atoms with E-state index < -0.39 is 11.8 Å². The number of hydrogen-bond acceptors (Lipinski definition) is 5. The Labute approximate surface area is 191 Å². The van der Waals surface area contributed by atoms with Crippen LogP contribution in [-0.2, 0) is 16.0 Å². The molecule has 5 heteroatoms. The second kappa shape index (κ2) is 8.24. The molecule has 0 saturated heterocycles. The van der Waals surface area contributed by atoms with Gasteiger partial charge in [0.1, 0.15) is 28.4 Å². The van der Waals surface area contributed by atoms with Crippen molar-refractivity contribution >= 4 is 11.8 Å². The topological polar surface area (TPSA) is 61.8 Å². The van der Waals surface area contributed by atoms with Crippen LogP contribution in [0, 0.1) is 5.92 Å². The second-order valence-corrected chi connectivity index (χ2v) is 10.5. The fraction of sp³-hybridized carbons (Fsp3) is 0.630. The zero-order valence-corrected chi connectivity index (χ0v) is 20.3. The molecular weight excluding hydrogens is 404 g/mol. The molecule has 0 N–H and O–H groups in total. The van der Waals surface area contributed by atoms with Crippen molar-refractivity contribution in [3.05, 3.63) is 34.4 Å². The minimum Gasteiger partial charge on any atom is -0.487 e. The lowest BCUT2D eigenvalue weighted by Crippen LogP contribution is -2.47. The first-order valence-electron chi connectivity index (χ1n) is 12.0. The van der Waals surface area contributed by atoms with Gasteiger partial charge in [-0.2, -0.15) is 0 Å². The van der Waals surface area contributed by atoms with Gasteiger partial charge in [0.05, 0.1) is 6.42 Å². The van der Waals surface area contributed by atoms with E-state index in [2.05, 4.69) is 33.8 Å².